The number of nitrogen functional groups attached to an aromatic ring is 1. The van der Waals surface area contributed by atoms with Crippen molar-refractivity contribution < 1.29 is 120 Å². The van der Waals surface area contributed by atoms with Crippen molar-refractivity contribution in [1.29, 1.82) is 0 Å². The van der Waals surface area contributed by atoms with Crippen LogP contribution in [0.25, 0.3) is 0 Å². The van der Waals surface area contributed by atoms with E-state index in [1.165, 1.54) is 6.07 Å². The Hall–Kier alpha value is 0.970. The quantitative estimate of drug-likeness (QED) is 0.155. The smallest absolute Gasteiger partial charge is 0.756 e. The number of aliphatic hydroxyl groups excluding tert-OH is 2. The third-order valence-corrected chi connectivity index (χ3v) is 7.01. The molecule has 1 fully saturated rings. The molecule has 1 saturated heterocycles. The van der Waals surface area contributed by atoms with Crippen molar-refractivity contribution in [2.75, 3.05) is 12.3 Å². The number of phosphoric acid groups is 3. The van der Waals surface area contributed by atoms with Crippen LogP contribution in [-0.4, -0.2) is 54.5 Å². The standard InChI is InChI=1S/C9H16N3O14P3.2Na/c10-5-1-2-12(9(15)11-5)8-7(14)6(13)4(24-8)3-23-28(19,20)26-29(21,22)25-27(16,17)18;;/h1-2,4,6-8,13-14H,3H2,(H,19,20)(H,21,22)(H2,10,11,15)(H2,16,17,18);;/q;2*+1/p-2/t4-,6?,7+,8-;;/m1../s1. The van der Waals surface area contributed by atoms with E-state index in [9.17, 15) is 38.5 Å². The van der Waals surface area contributed by atoms with Gasteiger partial charge in [-0.3, -0.25) is 13.7 Å². The van der Waals surface area contributed by atoms with Crippen LogP contribution in [0.3, 0.4) is 0 Å². The second-order valence-corrected chi connectivity index (χ2v) is 9.77. The average Bonchev–Trinajstić information content (AvgIpc) is 2.78. The van der Waals surface area contributed by atoms with E-state index in [-0.39, 0.29) is 64.9 Å². The summed E-state index contributed by atoms with van der Waals surface area (Å²) in [6.07, 6.45) is -5.55. The minimum atomic E-state index is -5.84. The molecule has 0 aliphatic carbocycles. The monoisotopic (exact) mass is 527 g/mol. The van der Waals surface area contributed by atoms with E-state index in [4.69, 9.17) is 20.3 Å². The Morgan fingerprint density at radius 2 is 1.74 bits per heavy atom. The summed E-state index contributed by atoms with van der Waals surface area (Å²) in [7, 11) is -17.4. The zero-order valence-electron chi connectivity index (χ0n) is 15.9. The Morgan fingerprint density at radius 3 is 2.26 bits per heavy atom. The topological polar surface area (TPSA) is 276 Å². The second kappa shape index (κ2) is 12.1. The van der Waals surface area contributed by atoms with Gasteiger partial charge >= 0.3 is 72.6 Å². The van der Waals surface area contributed by atoms with Gasteiger partial charge in [-0.05, 0) is 6.07 Å². The summed E-state index contributed by atoms with van der Waals surface area (Å²) < 4.78 is 49.9. The van der Waals surface area contributed by atoms with Crippen molar-refractivity contribution in [1.82, 2.24) is 9.55 Å². The predicted molar refractivity (Wildman–Crippen MR) is 84.2 cm³/mol. The number of aromatic nitrogens is 2. The first kappa shape index (κ1) is 32.0. The Kier molecular flexibility index (Phi) is 12.5. The third kappa shape index (κ3) is 9.62. The number of aliphatic hydroxyl groups is 2. The first-order valence-electron chi connectivity index (χ1n) is 7.21. The van der Waals surface area contributed by atoms with E-state index in [0.717, 1.165) is 10.8 Å². The van der Waals surface area contributed by atoms with Crippen LogP contribution < -0.4 is 80.3 Å². The van der Waals surface area contributed by atoms with Crippen LogP contribution in [0.5, 0.6) is 0 Å². The predicted octanol–water partition coefficient (Wildman–Crippen LogP) is -9.47. The molecule has 31 heavy (non-hydrogen) atoms. The van der Waals surface area contributed by atoms with Gasteiger partial charge in [-0.2, -0.15) is 4.98 Å². The molecule has 0 amide bonds. The molecule has 0 saturated carbocycles. The van der Waals surface area contributed by atoms with Crippen molar-refractivity contribution in [2.24, 2.45) is 0 Å². The molecule has 0 radical (unpaired) electrons. The summed E-state index contributed by atoms with van der Waals surface area (Å²) in [6, 6.07) is 1.18. The number of ether oxygens (including phenoxy) is 1. The molecule has 2 rings (SSSR count). The van der Waals surface area contributed by atoms with Gasteiger partial charge in [-0.25, -0.2) is 18.0 Å². The maximum Gasteiger partial charge on any atom is 1.00 e. The fraction of sp³-hybridized carbons (Fsp3) is 0.556. The molecule has 6 N–H and O–H groups in total. The van der Waals surface area contributed by atoms with Crippen LogP contribution in [0, 0.1) is 0 Å². The van der Waals surface area contributed by atoms with Gasteiger partial charge in [0.1, 0.15) is 24.1 Å². The van der Waals surface area contributed by atoms with E-state index < -0.39 is 60.3 Å². The van der Waals surface area contributed by atoms with Crippen LogP contribution in [0.2, 0.25) is 0 Å². The van der Waals surface area contributed by atoms with E-state index in [2.05, 4.69) is 18.1 Å². The molecule has 0 bridgehead atoms. The Labute approximate surface area is 217 Å². The van der Waals surface area contributed by atoms with Crippen molar-refractivity contribution in [3.05, 3.63) is 22.7 Å². The van der Waals surface area contributed by atoms with Gasteiger partial charge in [0.15, 0.2) is 6.23 Å². The van der Waals surface area contributed by atoms with Crippen LogP contribution in [-0.2, 0) is 31.6 Å². The fourth-order valence-corrected chi connectivity index (χ4v) is 5.14. The zero-order chi connectivity index (χ0) is 22.2. The van der Waals surface area contributed by atoms with Crippen molar-refractivity contribution in [2.45, 2.75) is 24.5 Å². The Balaban J connectivity index is 0.00000450. The molecule has 1 aromatic heterocycles. The number of hydrogen-bond acceptors (Lipinski definition) is 14. The average molecular weight is 527 g/mol. The van der Waals surface area contributed by atoms with Crippen LogP contribution in [0.15, 0.2) is 17.1 Å². The fourth-order valence-electron chi connectivity index (χ4n) is 2.18. The number of phosphoric ester groups is 1. The molecule has 1 aliphatic rings. The normalized spacial score (nSPS) is 29.0. The first-order chi connectivity index (χ1) is 13.1. The van der Waals surface area contributed by atoms with E-state index >= 15 is 0 Å². The van der Waals surface area contributed by atoms with Gasteiger partial charge in [-0.1, -0.05) is 0 Å². The summed E-state index contributed by atoms with van der Waals surface area (Å²) >= 11 is 0. The van der Waals surface area contributed by atoms with Crippen molar-refractivity contribution in [3.63, 3.8) is 0 Å². The Bertz CT molecular complexity index is 956. The zero-order valence-corrected chi connectivity index (χ0v) is 22.5. The number of anilines is 1. The van der Waals surface area contributed by atoms with Gasteiger partial charge < -0.3 is 44.8 Å². The first-order valence-corrected chi connectivity index (χ1v) is 11.7. The molecule has 0 aromatic carbocycles. The molecule has 166 valence electrons. The molecule has 22 heteroatoms. The largest absolute Gasteiger partial charge is 1.00 e. The van der Waals surface area contributed by atoms with Gasteiger partial charge in [0.25, 0.3) is 15.6 Å². The van der Waals surface area contributed by atoms with Crippen LogP contribution in [0.4, 0.5) is 5.82 Å². The Morgan fingerprint density at radius 1 is 1.16 bits per heavy atom. The number of rotatable bonds is 8. The number of hydrogen-bond donors (Lipinski definition) is 5. The molecule has 1 aliphatic heterocycles. The minimum absolute atomic E-state index is 0. The van der Waals surface area contributed by atoms with E-state index in [1.807, 2.05) is 0 Å². The van der Waals surface area contributed by atoms with Gasteiger partial charge in [0.05, 0.1) is 6.61 Å². The third-order valence-electron chi connectivity index (χ3n) is 3.27. The minimum Gasteiger partial charge on any atom is -0.756 e. The summed E-state index contributed by atoms with van der Waals surface area (Å²) in [5.41, 5.74) is 4.36. The molecular weight excluding hydrogens is 513 g/mol. The number of nitrogens with two attached hydrogens (primary N) is 1. The summed E-state index contributed by atoms with van der Waals surface area (Å²) in [6.45, 7) is -1.10. The van der Waals surface area contributed by atoms with E-state index in [1.54, 1.807) is 0 Å². The molecule has 17 nitrogen and oxygen atoms in total. The van der Waals surface area contributed by atoms with Crippen molar-refractivity contribution in [3.8, 4) is 0 Å². The van der Waals surface area contributed by atoms with Gasteiger partial charge in [-0.15, -0.1) is 0 Å². The molecule has 2 heterocycles. The van der Waals surface area contributed by atoms with Gasteiger partial charge in [0, 0.05) is 6.20 Å². The summed E-state index contributed by atoms with van der Waals surface area (Å²) in [5, 5.41) is 19.9. The SMILES string of the molecule is Nc1ccn([C@@H]2O[C@H](COP(=O)([O-])OP(=O)(O)OP(=O)([O-])O)C(O)[C@@H]2O)c(=O)n1.[Na+].[Na+]. The van der Waals surface area contributed by atoms with Gasteiger partial charge in [0.2, 0.25) is 0 Å². The molecular formula is C9H14N3Na2O14P3. The van der Waals surface area contributed by atoms with E-state index in [0.29, 0.717) is 0 Å². The maximum absolute atomic E-state index is 11.8. The summed E-state index contributed by atoms with van der Waals surface area (Å²) in [4.78, 5) is 54.4. The maximum atomic E-state index is 11.8. The molecule has 0 spiro atoms. The van der Waals surface area contributed by atoms with Crippen LogP contribution in [0.1, 0.15) is 6.23 Å². The van der Waals surface area contributed by atoms with Crippen LogP contribution >= 0.6 is 23.5 Å². The van der Waals surface area contributed by atoms with Crippen molar-refractivity contribution >= 4 is 29.3 Å². The molecule has 1 aromatic rings. The number of nitrogens with zero attached hydrogens (tertiary/aromatic N) is 2. The second-order valence-electron chi connectivity index (χ2n) is 5.43. The summed E-state index contributed by atoms with van der Waals surface area (Å²) in [5.74, 6) is -0.134. The molecule has 4 unspecified atom stereocenters. The molecule has 7 atom stereocenters.